The number of hydrogen-bond donors (Lipinski definition) is 1. The van der Waals surface area contributed by atoms with E-state index in [1.165, 1.54) is 0 Å². The van der Waals surface area contributed by atoms with E-state index in [4.69, 9.17) is 14.2 Å². The SMILES string of the molecule is COc1cc(C(=O)Nc2cccc(OCC3CCCO3)c2)ccc1C. The van der Waals surface area contributed by atoms with Crippen LogP contribution in [0.1, 0.15) is 28.8 Å². The summed E-state index contributed by atoms with van der Waals surface area (Å²) < 4.78 is 16.6. The van der Waals surface area contributed by atoms with Gasteiger partial charge in [0.2, 0.25) is 0 Å². The summed E-state index contributed by atoms with van der Waals surface area (Å²) >= 11 is 0. The Balaban J connectivity index is 1.63. The molecular formula is C20H23NO4. The highest BCUT2D eigenvalue weighted by Crippen LogP contribution is 2.22. The lowest BCUT2D eigenvalue weighted by atomic mass is 10.1. The average Bonchev–Trinajstić information content (AvgIpc) is 3.14. The molecule has 1 unspecified atom stereocenters. The van der Waals surface area contributed by atoms with Gasteiger partial charge in [0.25, 0.3) is 5.91 Å². The molecule has 0 bridgehead atoms. The predicted molar refractivity (Wildman–Crippen MR) is 96.6 cm³/mol. The van der Waals surface area contributed by atoms with Crippen LogP contribution in [0.25, 0.3) is 0 Å². The second-order valence-electron chi connectivity index (χ2n) is 6.11. The Bertz CT molecular complexity index is 738. The van der Waals surface area contributed by atoms with Gasteiger partial charge in [-0.2, -0.15) is 0 Å². The second-order valence-corrected chi connectivity index (χ2v) is 6.11. The first kappa shape index (κ1) is 17.3. The van der Waals surface area contributed by atoms with Gasteiger partial charge in [-0.3, -0.25) is 4.79 Å². The largest absolute Gasteiger partial charge is 0.496 e. The summed E-state index contributed by atoms with van der Waals surface area (Å²) in [7, 11) is 1.60. The number of benzene rings is 2. The van der Waals surface area contributed by atoms with E-state index in [1.807, 2.05) is 37.3 Å². The molecule has 1 atom stereocenters. The van der Waals surface area contributed by atoms with E-state index < -0.39 is 0 Å². The van der Waals surface area contributed by atoms with Crippen LogP contribution in [0.5, 0.6) is 11.5 Å². The van der Waals surface area contributed by atoms with Crippen LogP contribution in [0.3, 0.4) is 0 Å². The molecule has 0 radical (unpaired) electrons. The van der Waals surface area contributed by atoms with Crippen molar-refractivity contribution < 1.29 is 19.0 Å². The third-order valence-corrected chi connectivity index (χ3v) is 4.22. The Hall–Kier alpha value is -2.53. The number of hydrogen-bond acceptors (Lipinski definition) is 4. The van der Waals surface area contributed by atoms with Gasteiger partial charge in [-0.15, -0.1) is 0 Å². The zero-order valence-electron chi connectivity index (χ0n) is 14.6. The van der Waals surface area contributed by atoms with E-state index >= 15 is 0 Å². The molecule has 1 heterocycles. The highest BCUT2D eigenvalue weighted by molar-refractivity contribution is 6.04. The molecular weight excluding hydrogens is 318 g/mol. The maximum atomic E-state index is 12.4. The molecule has 5 nitrogen and oxygen atoms in total. The molecule has 0 aliphatic carbocycles. The van der Waals surface area contributed by atoms with Crippen molar-refractivity contribution in [3.8, 4) is 11.5 Å². The minimum Gasteiger partial charge on any atom is -0.496 e. The number of aryl methyl sites for hydroxylation is 1. The molecule has 1 N–H and O–H groups in total. The van der Waals surface area contributed by atoms with Crippen LogP contribution in [0.15, 0.2) is 42.5 Å². The van der Waals surface area contributed by atoms with Gasteiger partial charge >= 0.3 is 0 Å². The predicted octanol–water partition coefficient (Wildman–Crippen LogP) is 3.81. The lowest BCUT2D eigenvalue weighted by molar-refractivity contribution is 0.0680. The summed E-state index contributed by atoms with van der Waals surface area (Å²) in [6, 6.07) is 12.8. The first-order chi connectivity index (χ1) is 12.2. The average molecular weight is 341 g/mol. The Labute approximate surface area is 147 Å². The molecule has 1 amide bonds. The van der Waals surface area contributed by atoms with Crippen molar-refractivity contribution >= 4 is 11.6 Å². The molecule has 0 aromatic heterocycles. The first-order valence-corrected chi connectivity index (χ1v) is 8.46. The molecule has 3 rings (SSSR count). The third-order valence-electron chi connectivity index (χ3n) is 4.22. The fourth-order valence-electron chi connectivity index (χ4n) is 2.79. The molecule has 1 aliphatic rings. The van der Waals surface area contributed by atoms with Crippen molar-refractivity contribution in [1.29, 1.82) is 0 Å². The van der Waals surface area contributed by atoms with Crippen molar-refractivity contribution in [3.05, 3.63) is 53.6 Å². The number of nitrogens with one attached hydrogen (secondary N) is 1. The van der Waals surface area contributed by atoms with Crippen molar-refractivity contribution in [2.45, 2.75) is 25.9 Å². The van der Waals surface area contributed by atoms with Gasteiger partial charge in [0, 0.05) is 23.9 Å². The van der Waals surface area contributed by atoms with Gasteiger partial charge in [0.15, 0.2) is 0 Å². The van der Waals surface area contributed by atoms with E-state index in [1.54, 1.807) is 19.2 Å². The van der Waals surface area contributed by atoms with Gasteiger partial charge in [-0.25, -0.2) is 0 Å². The number of ether oxygens (including phenoxy) is 3. The van der Waals surface area contributed by atoms with E-state index in [-0.39, 0.29) is 12.0 Å². The topological polar surface area (TPSA) is 56.8 Å². The summed E-state index contributed by atoms with van der Waals surface area (Å²) in [5.74, 6) is 1.23. The molecule has 2 aromatic carbocycles. The summed E-state index contributed by atoms with van der Waals surface area (Å²) in [5, 5.41) is 2.89. The molecule has 2 aromatic rings. The molecule has 5 heteroatoms. The van der Waals surface area contributed by atoms with Crippen LogP contribution in [0, 0.1) is 6.92 Å². The summed E-state index contributed by atoms with van der Waals surface area (Å²) in [5.41, 5.74) is 2.23. The van der Waals surface area contributed by atoms with E-state index in [9.17, 15) is 4.79 Å². The quantitative estimate of drug-likeness (QED) is 0.868. The monoisotopic (exact) mass is 341 g/mol. The summed E-state index contributed by atoms with van der Waals surface area (Å²) in [4.78, 5) is 12.4. The van der Waals surface area contributed by atoms with Gasteiger partial charge in [-0.05, 0) is 49.6 Å². The van der Waals surface area contributed by atoms with Gasteiger partial charge < -0.3 is 19.5 Å². The smallest absolute Gasteiger partial charge is 0.255 e. The minimum absolute atomic E-state index is 0.165. The fourth-order valence-corrected chi connectivity index (χ4v) is 2.79. The molecule has 25 heavy (non-hydrogen) atoms. The number of anilines is 1. The number of rotatable bonds is 6. The van der Waals surface area contributed by atoms with Crippen molar-refractivity contribution in [2.75, 3.05) is 25.6 Å². The van der Waals surface area contributed by atoms with Crippen LogP contribution >= 0.6 is 0 Å². The van der Waals surface area contributed by atoms with E-state index in [0.717, 1.165) is 30.8 Å². The Morgan fingerprint density at radius 1 is 1.28 bits per heavy atom. The normalized spacial score (nSPS) is 16.5. The maximum absolute atomic E-state index is 12.4. The maximum Gasteiger partial charge on any atom is 0.255 e. The number of methoxy groups -OCH3 is 1. The van der Waals surface area contributed by atoms with Crippen LogP contribution in [-0.4, -0.2) is 32.3 Å². The highest BCUT2D eigenvalue weighted by Gasteiger charge is 2.16. The number of carbonyl (C=O) groups is 1. The zero-order chi connectivity index (χ0) is 17.6. The van der Waals surface area contributed by atoms with Gasteiger partial charge in [-0.1, -0.05) is 12.1 Å². The molecule has 1 aliphatic heterocycles. The second kappa shape index (κ2) is 8.03. The number of amides is 1. The Morgan fingerprint density at radius 3 is 2.92 bits per heavy atom. The minimum atomic E-state index is -0.186. The van der Waals surface area contributed by atoms with Crippen molar-refractivity contribution in [1.82, 2.24) is 0 Å². The lowest BCUT2D eigenvalue weighted by Crippen LogP contribution is -2.16. The molecule has 1 saturated heterocycles. The summed E-state index contributed by atoms with van der Waals surface area (Å²) in [6.07, 6.45) is 2.29. The zero-order valence-corrected chi connectivity index (χ0v) is 14.6. The van der Waals surface area contributed by atoms with Crippen molar-refractivity contribution in [2.24, 2.45) is 0 Å². The highest BCUT2D eigenvalue weighted by atomic mass is 16.5. The Kier molecular flexibility index (Phi) is 5.56. The fraction of sp³-hybridized carbons (Fsp3) is 0.350. The van der Waals surface area contributed by atoms with E-state index in [2.05, 4.69) is 5.32 Å². The Morgan fingerprint density at radius 2 is 2.16 bits per heavy atom. The first-order valence-electron chi connectivity index (χ1n) is 8.46. The standard InChI is InChI=1S/C20H23NO4/c1-14-8-9-15(11-19(14)23-2)20(22)21-16-5-3-6-17(12-16)25-13-18-7-4-10-24-18/h3,5-6,8-9,11-12,18H,4,7,10,13H2,1-2H3,(H,21,22). The van der Waals surface area contributed by atoms with Crippen LogP contribution in [0.2, 0.25) is 0 Å². The molecule has 132 valence electrons. The lowest BCUT2D eigenvalue weighted by Gasteiger charge is -2.13. The number of carbonyl (C=O) groups excluding carboxylic acids is 1. The van der Waals surface area contributed by atoms with Crippen LogP contribution in [0.4, 0.5) is 5.69 Å². The molecule has 1 fully saturated rings. The third kappa shape index (κ3) is 4.51. The van der Waals surface area contributed by atoms with E-state index in [0.29, 0.717) is 23.6 Å². The van der Waals surface area contributed by atoms with Gasteiger partial charge in [0.1, 0.15) is 18.1 Å². The van der Waals surface area contributed by atoms with Gasteiger partial charge in [0.05, 0.1) is 13.2 Å². The molecule has 0 saturated carbocycles. The summed E-state index contributed by atoms with van der Waals surface area (Å²) in [6.45, 7) is 3.28. The van der Waals surface area contributed by atoms with Crippen LogP contribution < -0.4 is 14.8 Å². The van der Waals surface area contributed by atoms with Crippen LogP contribution in [-0.2, 0) is 4.74 Å². The van der Waals surface area contributed by atoms with Crippen molar-refractivity contribution in [3.63, 3.8) is 0 Å². The molecule has 0 spiro atoms.